The largest absolute Gasteiger partial charge is 0.480 e. The van der Waals surface area contributed by atoms with E-state index in [1.54, 1.807) is 26.8 Å². The van der Waals surface area contributed by atoms with Crippen LogP contribution in [0, 0.1) is 0 Å². The molecular formula is C14H18BrNO4. The number of carbonyl (C=O) groups is 2. The first kappa shape index (κ1) is 16.5. The molecule has 110 valence electrons. The molecule has 0 fully saturated rings. The number of ether oxygens (including phenoxy) is 1. The molecule has 6 heteroatoms. The summed E-state index contributed by atoms with van der Waals surface area (Å²) in [7, 11) is 0. The van der Waals surface area contributed by atoms with Gasteiger partial charge in [0.25, 0.3) is 0 Å². The van der Waals surface area contributed by atoms with Gasteiger partial charge in [-0.15, -0.1) is 0 Å². The Balaban J connectivity index is 2.74. The Bertz CT molecular complexity index is 496. The van der Waals surface area contributed by atoms with Crippen molar-refractivity contribution >= 4 is 28.0 Å². The number of carboxylic acids is 1. The van der Waals surface area contributed by atoms with E-state index in [1.807, 2.05) is 18.2 Å². The molecule has 5 nitrogen and oxygen atoms in total. The van der Waals surface area contributed by atoms with Crippen molar-refractivity contribution in [3.63, 3.8) is 0 Å². The van der Waals surface area contributed by atoms with Crippen molar-refractivity contribution in [2.24, 2.45) is 0 Å². The van der Waals surface area contributed by atoms with Crippen LogP contribution in [0.15, 0.2) is 28.7 Å². The number of hydrogen-bond donors (Lipinski definition) is 2. The molecule has 20 heavy (non-hydrogen) atoms. The summed E-state index contributed by atoms with van der Waals surface area (Å²) >= 11 is 3.35. The van der Waals surface area contributed by atoms with E-state index in [2.05, 4.69) is 21.2 Å². The standard InChI is InChI=1S/C14H18BrNO4/c1-14(2,3)20-13(19)16-11(12(17)18)8-9-6-4-5-7-10(9)15/h4-7,11H,8H2,1-3H3,(H,16,19)(H,17,18). The van der Waals surface area contributed by atoms with Gasteiger partial charge in [0.05, 0.1) is 0 Å². The molecule has 0 aliphatic carbocycles. The van der Waals surface area contributed by atoms with E-state index in [0.717, 1.165) is 10.0 Å². The minimum atomic E-state index is -1.10. The van der Waals surface area contributed by atoms with Crippen molar-refractivity contribution in [2.45, 2.75) is 38.8 Å². The Morgan fingerprint density at radius 3 is 2.45 bits per heavy atom. The van der Waals surface area contributed by atoms with E-state index >= 15 is 0 Å². The molecule has 0 saturated heterocycles. The molecule has 1 unspecified atom stereocenters. The van der Waals surface area contributed by atoms with Crippen molar-refractivity contribution in [2.75, 3.05) is 0 Å². The number of nitrogens with one attached hydrogen (secondary N) is 1. The predicted molar refractivity (Wildman–Crippen MR) is 78.6 cm³/mol. The maximum Gasteiger partial charge on any atom is 0.408 e. The lowest BCUT2D eigenvalue weighted by Crippen LogP contribution is -2.44. The van der Waals surface area contributed by atoms with Crippen LogP contribution >= 0.6 is 15.9 Å². The molecule has 0 aliphatic rings. The van der Waals surface area contributed by atoms with Gasteiger partial charge in [-0.05, 0) is 32.4 Å². The van der Waals surface area contributed by atoms with Crippen LogP contribution < -0.4 is 5.32 Å². The molecule has 1 aromatic carbocycles. The molecule has 0 aromatic heterocycles. The lowest BCUT2D eigenvalue weighted by molar-refractivity contribution is -0.139. The molecule has 1 atom stereocenters. The molecule has 0 radical (unpaired) electrons. The minimum absolute atomic E-state index is 0.177. The highest BCUT2D eigenvalue weighted by Crippen LogP contribution is 2.18. The topological polar surface area (TPSA) is 75.6 Å². The third-order valence-corrected chi connectivity index (χ3v) is 3.14. The number of carboxylic acid groups (broad SMARTS) is 1. The monoisotopic (exact) mass is 343 g/mol. The Morgan fingerprint density at radius 2 is 1.95 bits per heavy atom. The highest BCUT2D eigenvalue weighted by molar-refractivity contribution is 9.10. The molecular weight excluding hydrogens is 326 g/mol. The van der Waals surface area contributed by atoms with Crippen LogP contribution in [0.2, 0.25) is 0 Å². The van der Waals surface area contributed by atoms with Gasteiger partial charge in [-0.1, -0.05) is 34.1 Å². The third-order valence-electron chi connectivity index (χ3n) is 2.37. The van der Waals surface area contributed by atoms with Gasteiger partial charge < -0.3 is 15.2 Å². The second-order valence-corrected chi connectivity index (χ2v) is 6.19. The first-order valence-electron chi connectivity index (χ1n) is 6.15. The summed E-state index contributed by atoms with van der Waals surface area (Å²) in [5, 5.41) is 11.6. The molecule has 1 rings (SSSR count). The van der Waals surface area contributed by atoms with E-state index in [-0.39, 0.29) is 6.42 Å². The number of halogens is 1. The fraction of sp³-hybridized carbons (Fsp3) is 0.429. The third kappa shape index (κ3) is 5.61. The van der Waals surface area contributed by atoms with Crippen molar-refractivity contribution < 1.29 is 19.4 Å². The number of alkyl carbamates (subject to hydrolysis) is 1. The number of aliphatic carboxylic acids is 1. The maximum absolute atomic E-state index is 11.6. The molecule has 0 aliphatic heterocycles. The summed E-state index contributed by atoms with van der Waals surface area (Å²) < 4.78 is 5.86. The normalized spacial score (nSPS) is 12.6. The smallest absolute Gasteiger partial charge is 0.408 e. The van der Waals surface area contributed by atoms with Crippen molar-refractivity contribution in [3.8, 4) is 0 Å². The highest BCUT2D eigenvalue weighted by Gasteiger charge is 2.24. The number of benzene rings is 1. The molecule has 0 saturated carbocycles. The van der Waals surface area contributed by atoms with Gasteiger partial charge in [-0.3, -0.25) is 0 Å². The van der Waals surface area contributed by atoms with Crippen LogP contribution in [0.1, 0.15) is 26.3 Å². The SMILES string of the molecule is CC(C)(C)OC(=O)NC(Cc1ccccc1Br)C(=O)O. The Labute approximate surface area is 126 Å². The predicted octanol–water partition coefficient (Wildman–Crippen LogP) is 2.97. The van der Waals surface area contributed by atoms with E-state index < -0.39 is 23.7 Å². The highest BCUT2D eigenvalue weighted by atomic mass is 79.9. The van der Waals surface area contributed by atoms with Crippen molar-refractivity contribution in [3.05, 3.63) is 34.3 Å². The van der Waals surface area contributed by atoms with E-state index in [9.17, 15) is 14.7 Å². The molecule has 2 N–H and O–H groups in total. The van der Waals surface area contributed by atoms with Crippen molar-refractivity contribution in [1.29, 1.82) is 0 Å². The van der Waals surface area contributed by atoms with Gasteiger partial charge in [0.1, 0.15) is 11.6 Å². The molecule has 0 bridgehead atoms. The van der Waals surface area contributed by atoms with Gasteiger partial charge in [0.15, 0.2) is 0 Å². The molecule has 0 spiro atoms. The first-order valence-corrected chi connectivity index (χ1v) is 6.94. The molecule has 1 amide bonds. The average Bonchev–Trinajstić information content (AvgIpc) is 2.28. The summed E-state index contributed by atoms with van der Waals surface area (Å²) in [5.41, 5.74) is 0.136. The summed E-state index contributed by atoms with van der Waals surface area (Å²) in [6.45, 7) is 5.16. The number of hydrogen-bond acceptors (Lipinski definition) is 3. The Hall–Kier alpha value is -1.56. The van der Waals surface area contributed by atoms with Crippen LogP contribution in [0.4, 0.5) is 4.79 Å². The lowest BCUT2D eigenvalue weighted by Gasteiger charge is -2.22. The molecule has 1 aromatic rings. The van der Waals surface area contributed by atoms with E-state index in [0.29, 0.717) is 0 Å². The van der Waals surface area contributed by atoms with Crippen LogP contribution in [-0.2, 0) is 16.0 Å². The quantitative estimate of drug-likeness (QED) is 0.881. The minimum Gasteiger partial charge on any atom is -0.480 e. The summed E-state index contributed by atoms with van der Waals surface area (Å²) in [5.74, 6) is -1.10. The fourth-order valence-electron chi connectivity index (χ4n) is 1.53. The summed E-state index contributed by atoms with van der Waals surface area (Å²) in [6.07, 6.45) is -0.562. The van der Waals surface area contributed by atoms with Gasteiger partial charge in [-0.25, -0.2) is 9.59 Å². The Kier molecular flexibility index (Phi) is 5.56. The lowest BCUT2D eigenvalue weighted by atomic mass is 10.1. The zero-order valence-electron chi connectivity index (χ0n) is 11.6. The van der Waals surface area contributed by atoms with Gasteiger partial charge in [-0.2, -0.15) is 0 Å². The summed E-state index contributed by atoms with van der Waals surface area (Å²) in [6, 6.07) is 6.24. The maximum atomic E-state index is 11.6. The average molecular weight is 344 g/mol. The van der Waals surface area contributed by atoms with Gasteiger partial charge in [0.2, 0.25) is 0 Å². The summed E-state index contributed by atoms with van der Waals surface area (Å²) in [4.78, 5) is 22.9. The number of amides is 1. The zero-order valence-corrected chi connectivity index (χ0v) is 13.2. The number of carbonyl (C=O) groups excluding carboxylic acids is 1. The second-order valence-electron chi connectivity index (χ2n) is 5.33. The van der Waals surface area contributed by atoms with Crippen molar-refractivity contribution in [1.82, 2.24) is 5.32 Å². The molecule has 0 heterocycles. The second kappa shape index (κ2) is 6.74. The van der Waals surface area contributed by atoms with Crippen LogP contribution in [0.3, 0.4) is 0 Å². The van der Waals surface area contributed by atoms with Gasteiger partial charge >= 0.3 is 12.1 Å². The van der Waals surface area contributed by atoms with Crippen LogP contribution in [0.25, 0.3) is 0 Å². The van der Waals surface area contributed by atoms with Crippen LogP contribution in [0.5, 0.6) is 0 Å². The van der Waals surface area contributed by atoms with E-state index in [4.69, 9.17) is 4.74 Å². The van der Waals surface area contributed by atoms with E-state index in [1.165, 1.54) is 0 Å². The number of rotatable bonds is 4. The van der Waals surface area contributed by atoms with Crippen LogP contribution in [-0.4, -0.2) is 28.8 Å². The Morgan fingerprint density at radius 1 is 1.35 bits per heavy atom. The van der Waals surface area contributed by atoms with Gasteiger partial charge in [0, 0.05) is 10.9 Å². The fourth-order valence-corrected chi connectivity index (χ4v) is 1.98. The first-order chi connectivity index (χ1) is 9.19. The zero-order chi connectivity index (χ0) is 15.3.